The van der Waals surface area contributed by atoms with Crippen molar-refractivity contribution in [1.82, 2.24) is 15.6 Å². The topological polar surface area (TPSA) is 77.0 Å². The molecule has 0 aliphatic carbocycles. The number of hydrogen-bond acceptors (Lipinski definition) is 5. The highest BCUT2D eigenvalue weighted by Gasteiger charge is 2.03. The molecule has 0 spiro atoms. The van der Waals surface area contributed by atoms with Crippen LogP contribution in [0.3, 0.4) is 0 Å². The predicted molar refractivity (Wildman–Crippen MR) is 131 cm³/mol. The van der Waals surface area contributed by atoms with Crippen LogP contribution in [0.15, 0.2) is 41.5 Å². The molecular weight excluding hydrogens is 495 g/mol. The maximum atomic E-state index is 5.48. The second kappa shape index (κ2) is 14.8. The molecule has 1 aromatic carbocycles. The smallest absolute Gasteiger partial charge is 0.213 e. The summed E-state index contributed by atoms with van der Waals surface area (Å²) < 4.78 is 15.8. The average molecular weight is 528 g/mol. The first-order chi connectivity index (χ1) is 14.2. The molecular formula is C22H33IN4O3. The van der Waals surface area contributed by atoms with Crippen molar-refractivity contribution in [3.8, 4) is 11.6 Å². The van der Waals surface area contributed by atoms with Crippen LogP contribution in [0.1, 0.15) is 23.6 Å². The predicted octanol–water partition coefficient (Wildman–Crippen LogP) is 3.34. The Hall–Kier alpha value is -2.07. The van der Waals surface area contributed by atoms with E-state index in [1.807, 2.05) is 19.1 Å². The van der Waals surface area contributed by atoms with E-state index in [4.69, 9.17) is 14.2 Å². The van der Waals surface area contributed by atoms with Gasteiger partial charge >= 0.3 is 0 Å². The average Bonchev–Trinajstić information content (AvgIpc) is 2.74. The van der Waals surface area contributed by atoms with E-state index < -0.39 is 0 Å². The van der Waals surface area contributed by atoms with E-state index in [1.165, 1.54) is 5.56 Å². The minimum Gasteiger partial charge on any atom is -0.496 e. The number of aromatic nitrogens is 1. The quantitative estimate of drug-likeness (QED) is 0.202. The van der Waals surface area contributed by atoms with Gasteiger partial charge in [-0.25, -0.2) is 9.98 Å². The number of aliphatic imine (C=N–C) groups is 1. The fraction of sp³-hybridized carbons (Fsp3) is 0.455. The molecule has 0 aliphatic rings. The van der Waals surface area contributed by atoms with Gasteiger partial charge in [0.15, 0.2) is 5.96 Å². The first-order valence-corrected chi connectivity index (χ1v) is 9.88. The summed E-state index contributed by atoms with van der Waals surface area (Å²) in [6, 6.07) is 10.1. The van der Waals surface area contributed by atoms with Gasteiger partial charge in [0.05, 0.1) is 20.3 Å². The summed E-state index contributed by atoms with van der Waals surface area (Å²) >= 11 is 0. The summed E-state index contributed by atoms with van der Waals surface area (Å²) in [5, 5.41) is 6.65. The Morgan fingerprint density at radius 3 is 2.53 bits per heavy atom. The van der Waals surface area contributed by atoms with Gasteiger partial charge in [0.2, 0.25) is 5.88 Å². The highest BCUT2D eigenvalue weighted by Crippen LogP contribution is 2.19. The number of benzene rings is 1. The van der Waals surface area contributed by atoms with Gasteiger partial charge in [-0.15, -0.1) is 24.0 Å². The third-order valence-corrected chi connectivity index (χ3v) is 4.28. The Labute approximate surface area is 196 Å². The number of pyridine rings is 1. The Morgan fingerprint density at radius 1 is 1.07 bits per heavy atom. The van der Waals surface area contributed by atoms with Gasteiger partial charge in [0, 0.05) is 32.5 Å². The molecule has 1 aromatic heterocycles. The van der Waals surface area contributed by atoms with E-state index >= 15 is 0 Å². The zero-order chi connectivity index (χ0) is 20.9. The molecule has 0 fully saturated rings. The molecule has 0 saturated heterocycles. The SMILES string of the molecule is CCNC(=NCc1ccc(OCCOC)nc1)NCCc1ccc(C)c(OC)c1.I. The van der Waals surface area contributed by atoms with Gasteiger partial charge in [-0.3, -0.25) is 0 Å². The van der Waals surface area contributed by atoms with Crippen molar-refractivity contribution in [3.63, 3.8) is 0 Å². The van der Waals surface area contributed by atoms with E-state index in [2.05, 4.69) is 45.7 Å². The van der Waals surface area contributed by atoms with Crippen molar-refractivity contribution in [2.24, 2.45) is 4.99 Å². The molecule has 2 N–H and O–H groups in total. The standard InChI is InChI=1S/C22H32N4O3.HI/c1-5-23-22(24-11-10-18-7-6-17(2)20(14-18)28-4)26-16-19-8-9-21(25-15-19)29-13-12-27-3;/h6-9,14-15H,5,10-13,16H2,1-4H3,(H2,23,24,26);1H. The first kappa shape index (κ1) is 26.0. The van der Waals surface area contributed by atoms with Crippen LogP contribution in [0, 0.1) is 6.92 Å². The Morgan fingerprint density at radius 2 is 1.87 bits per heavy atom. The summed E-state index contributed by atoms with van der Waals surface area (Å²) in [5.41, 5.74) is 3.39. The summed E-state index contributed by atoms with van der Waals surface area (Å²) in [6.45, 7) is 7.25. The first-order valence-electron chi connectivity index (χ1n) is 9.88. The molecule has 0 amide bonds. The maximum Gasteiger partial charge on any atom is 0.213 e. The van der Waals surface area contributed by atoms with Crippen LogP contribution in [0.4, 0.5) is 0 Å². The number of ether oxygens (including phenoxy) is 3. The molecule has 0 aliphatic heterocycles. The van der Waals surface area contributed by atoms with Crippen molar-refractivity contribution in [2.45, 2.75) is 26.8 Å². The van der Waals surface area contributed by atoms with Gasteiger partial charge in [0.25, 0.3) is 0 Å². The number of nitrogens with one attached hydrogen (secondary N) is 2. The Bertz CT molecular complexity index is 769. The second-order valence-corrected chi connectivity index (χ2v) is 6.52. The molecule has 166 valence electrons. The second-order valence-electron chi connectivity index (χ2n) is 6.52. The number of rotatable bonds is 11. The van der Waals surface area contributed by atoms with Crippen LogP contribution in [0.2, 0.25) is 0 Å². The van der Waals surface area contributed by atoms with E-state index in [0.717, 1.165) is 42.3 Å². The molecule has 2 aromatic rings. The Kier molecular flexibility index (Phi) is 12.8. The van der Waals surface area contributed by atoms with Gasteiger partial charge < -0.3 is 24.8 Å². The number of nitrogens with zero attached hydrogens (tertiary/aromatic N) is 2. The number of halogens is 1. The minimum absolute atomic E-state index is 0. The van der Waals surface area contributed by atoms with Crippen LogP contribution >= 0.6 is 24.0 Å². The van der Waals surface area contributed by atoms with E-state index in [-0.39, 0.29) is 24.0 Å². The summed E-state index contributed by atoms with van der Waals surface area (Å²) in [7, 11) is 3.35. The lowest BCUT2D eigenvalue weighted by Gasteiger charge is -2.12. The molecule has 2 rings (SSSR count). The molecule has 0 radical (unpaired) electrons. The summed E-state index contributed by atoms with van der Waals surface area (Å²) in [6.07, 6.45) is 2.67. The van der Waals surface area contributed by atoms with Crippen molar-refractivity contribution < 1.29 is 14.2 Å². The maximum absolute atomic E-state index is 5.48. The van der Waals surface area contributed by atoms with E-state index in [0.29, 0.717) is 25.6 Å². The largest absolute Gasteiger partial charge is 0.496 e. The summed E-state index contributed by atoms with van der Waals surface area (Å²) in [4.78, 5) is 8.94. The van der Waals surface area contributed by atoms with Crippen LogP contribution in [-0.4, -0.2) is 51.5 Å². The van der Waals surface area contributed by atoms with Crippen molar-refractivity contribution >= 4 is 29.9 Å². The fourth-order valence-electron chi connectivity index (χ4n) is 2.68. The van der Waals surface area contributed by atoms with Crippen molar-refractivity contribution in [3.05, 3.63) is 53.2 Å². The highest BCUT2D eigenvalue weighted by atomic mass is 127. The third-order valence-electron chi connectivity index (χ3n) is 4.28. The fourth-order valence-corrected chi connectivity index (χ4v) is 2.68. The highest BCUT2D eigenvalue weighted by molar-refractivity contribution is 14.0. The molecule has 1 heterocycles. The third kappa shape index (κ3) is 9.17. The molecule has 0 bridgehead atoms. The van der Waals surface area contributed by atoms with Crippen LogP contribution in [0.25, 0.3) is 0 Å². The number of methoxy groups -OCH3 is 2. The van der Waals surface area contributed by atoms with E-state index in [1.54, 1.807) is 20.4 Å². The molecule has 30 heavy (non-hydrogen) atoms. The minimum atomic E-state index is 0. The van der Waals surface area contributed by atoms with Crippen LogP contribution < -0.4 is 20.1 Å². The van der Waals surface area contributed by atoms with Crippen LogP contribution in [-0.2, 0) is 17.7 Å². The Balaban J connectivity index is 0.00000450. The van der Waals surface area contributed by atoms with Crippen molar-refractivity contribution in [1.29, 1.82) is 0 Å². The number of guanidine groups is 1. The summed E-state index contributed by atoms with van der Waals surface area (Å²) in [5.74, 6) is 2.30. The van der Waals surface area contributed by atoms with Gasteiger partial charge in [-0.05, 0) is 43.0 Å². The number of hydrogen-bond donors (Lipinski definition) is 2. The van der Waals surface area contributed by atoms with Crippen molar-refractivity contribution in [2.75, 3.05) is 40.5 Å². The van der Waals surface area contributed by atoms with E-state index in [9.17, 15) is 0 Å². The van der Waals surface area contributed by atoms with Gasteiger partial charge in [0.1, 0.15) is 12.4 Å². The monoisotopic (exact) mass is 528 g/mol. The molecule has 7 nitrogen and oxygen atoms in total. The lowest BCUT2D eigenvalue weighted by Crippen LogP contribution is -2.38. The van der Waals surface area contributed by atoms with Gasteiger partial charge in [-0.1, -0.05) is 18.2 Å². The lowest BCUT2D eigenvalue weighted by atomic mass is 10.1. The molecule has 0 atom stereocenters. The zero-order valence-corrected chi connectivity index (χ0v) is 20.6. The van der Waals surface area contributed by atoms with Crippen LogP contribution in [0.5, 0.6) is 11.6 Å². The number of aryl methyl sites for hydroxylation is 1. The normalized spacial score (nSPS) is 10.9. The molecule has 0 saturated carbocycles. The lowest BCUT2D eigenvalue weighted by molar-refractivity contribution is 0.143. The zero-order valence-electron chi connectivity index (χ0n) is 18.2. The molecule has 0 unspecified atom stereocenters. The van der Waals surface area contributed by atoms with Gasteiger partial charge in [-0.2, -0.15) is 0 Å². The molecule has 8 heteroatoms.